The highest BCUT2D eigenvalue weighted by molar-refractivity contribution is 5.84. The Morgan fingerprint density at radius 2 is 1.22 bits per heavy atom. The number of aliphatic hydroxyl groups excluding tert-OH is 2. The molecule has 2 atom stereocenters. The smallest absolute Gasteiger partial charge is 0.0791 e. The molecule has 2 heteroatoms. The van der Waals surface area contributed by atoms with Crippen molar-refractivity contribution in [3.8, 4) is 0 Å². The fourth-order valence-electron chi connectivity index (χ4n) is 2.29. The number of aliphatic hydroxyl groups is 2. The molecule has 0 radical (unpaired) electrons. The molecule has 0 aromatic heterocycles. The van der Waals surface area contributed by atoms with Crippen LogP contribution in [0.15, 0.2) is 36.4 Å². The van der Waals surface area contributed by atoms with E-state index in [4.69, 9.17) is 0 Å². The van der Waals surface area contributed by atoms with E-state index in [9.17, 15) is 10.2 Å². The van der Waals surface area contributed by atoms with Crippen molar-refractivity contribution in [1.29, 1.82) is 0 Å². The van der Waals surface area contributed by atoms with E-state index in [0.717, 1.165) is 21.9 Å². The van der Waals surface area contributed by atoms with E-state index in [0.29, 0.717) is 12.8 Å². The molecule has 0 aliphatic carbocycles. The monoisotopic (exact) mass is 244 g/mol. The summed E-state index contributed by atoms with van der Waals surface area (Å²) in [6.07, 6.45) is 0.292. The summed E-state index contributed by atoms with van der Waals surface area (Å²) in [5, 5.41) is 22.4. The van der Waals surface area contributed by atoms with Crippen LogP contribution in [0.4, 0.5) is 0 Å². The molecule has 0 spiro atoms. The predicted octanol–water partition coefficient (Wildman–Crippen LogP) is 3.73. The zero-order valence-corrected chi connectivity index (χ0v) is 10.9. The maximum absolute atomic E-state index is 10.1. The number of fused-ring (bicyclic) bond motifs is 1. The Balaban J connectivity index is 2.63. The van der Waals surface area contributed by atoms with Gasteiger partial charge >= 0.3 is 0 Å². The quantitative estimate of drug-likeness (QED) is 0.860. The average molecular weight is 244 g/mol. The van der Waals surface area contributed by atoms with Crippen LogP contribution < -0.4 is 0 Å². The van der Waals surface area contributed by atoms with E-state index in [-0.39, 0.29) is 0 Å². The van der Waals surface area contributed by atoms with E-state index in [1.54, 1.807) is 0 Å². The molecule has 2 nitrogen and oxygen atoms in total. The lowest BCUT2D eigenvalue weighted by Gasteiger charge is -2.19. The Bertz CT molecular complexity index is 485. The van der Waals surface area contributed by atoms with Crippen molar-refractivity contribution < 1.29 is 10.2 Å². The zero-order chi connectivity index (χ0) is 13.1. The van der Waals surface area contributed by atoms with E-state index in [1.165, 1.54) is 0 Å². The minimum atomic E-state index is -0.509. The summed E-state index contributed by atoms with van der Waals surface area (Å²) in [6.45, 7) is 3.89. The third-order valence-corrected chi connectivity index (χ3v) is 3.44. The van der Waals surface area contributed by atoms with Crippen LogP contribution in [-0.2, 0) is 0 Å². The molecular formula is C16H20O2. The Hall–Kier alpha value is -1.38. The van der Waals surface area contributed by atoms with Crippen LogP contribution >= 0.6 is 0 Å². The fraction of sp³-hybridized carbons (Fsp3) is 0.375. The Morgan fingerprint density at radius 1 is 0.833 bits per heavy atom. The molecule has 2 N–H and O–H groups in total. The summed E-state index contributed by atoms with van der Waals surface area (Å²) in [6, 6.07) is 12.0. The van der Waals surface area contributed by atoms with Crippen LogP contribution in [0, 0.1) is 0 Å². The van der Waals surface area contributed by atoms with Gasteiger partial charge in [-0.2, -0.15) is 0 Å². The lowest BCUT2D eigenvalue weighted by atomic mass is 9.92. The normalized spacial score (nSPS) is 14.7. The highest BCUT2D eigenvalue weighted by Gasteiger charge is 2.16. The highest BCUT2D eigenvalue weighted by atomic mass is 16.3. The first-order chi connectivity index (χ1) is 8.67. The fourth-order valence-corrected chi connectivity index (χ4v) is 2.29. The zero-order valence-electron chi connectivity index (χ0n) is 10.9. The molecule has 0 saturated carbocycles. The summed E-state index contributed by atoms with van der Waals surface area (Å²) in [7, 11) is 0. The molecule has 18 heavy (non-hydrogen) atoms. The van der Waals surface area contributed by atoms with Crippen molar-refractivity contribution >= 4 is 10.8 Å². The number of rotatable bonds is 4. The number of hydrogen-bond donors (Lipinski definition) is 2. The Kier molecular flexibility index (Phi) is 4.00. The summed E-state index contributed by atoms with van der Waals surface area (Å²) in [4.78, 5) is 0. The Morgan fingerprint density at radius 3 is 1.56 bits per heavy atom. The molecule has 0 aliphatic rings. The van der Waals surface area contributed by atoms with E-state index in [2.05, 4.69) is 0 Å². The van der Waals surface area contributed by atoms with Crippen LogP contribution in [0.1, 0.15) is 50.0 Å². The molecule has 2 rings (SSSR count). The van der Waals surface area contributed by atoms with Crippen molar-refractivity contribution in [2.75, 3.05) is 0 Å². The molecule has 0 bridgehead atoms. The molecule has 0 saturated heterocycles. The summed E-state index contributed by atoms with van der Waals surface area (Å²) in [5.41, 5.74) is 1.70. The van der Waals surface area contributed by atoms with Gasteiger partial charge in [-0.3, -0.25) is 0 Å². The minimum Gasteiger partial charge on any atom is -0.388 e. The summed E-state index contributed by atoms with van der Waals surface area (Å²) < 4.78 is 0. The van der Waals surface area contributed by atoms with Crippen LogP contribution in [0.2, 0.25) is 0 Å². The first-order valence-corrected chi connectivity index (χ1v) is 6.56. The molecule has 0 fully saturated rings. The van der Waals surface area contributed by atoms with Crippen LogP contribution in [0.5, 0.6) is 0 Å². The standard InChI is InChI=1S/C16H20O2/c1-3-15(17)13-9-11-7-5-6-8-12(11)10-14(13)16(18)4-2/h5-10,15-18H,3-4H2,1-2H3. The van der Waals surface area contributed by atoms with Crippen molar-refractivity contribution in [3.05, 3.63) is 47.5 Å². The maximum atomic E-state index is 10.1. The molecular weight excluding hydrogens is 224 g/mol. The van der Waals surface area contributed by atoms with Gasteiger partial charge in [0.05, 0.1) is 12.2 Å². The molecule has 2 unspecified atom stereocenters. The van der Waals surface area contributed by atoms with Gasteiger partial charge in [0, 0.05) is 0 Å². The largest absolute Gasteiger partial charge is 0.388 e. The lowest BCUT2D eigenvalue weighted by Crippen LogP contribution is -2.05. The average Bonchev–Trinajstić information content (AvgIpc) is 2.44. The second kappa shape index (κ2) is 5.51. The third-order valence-electron chi connectivity index (χ3n) is 3.44. The van der Waals surface area contributed by atoms with Gasteiger partial charge in [0.1, 0.15) is 0 Å². The van der Waals surface area contributed by atoms with Gasteiger partial charge in [0.2, 0.25) is 0 Å². The first kappa shape index (κ1) is 13.1. The molecule has 0 amide bonds. The van der Waals surface area contributed by atoms with Gasteiger partial charge in [-0.15, -0.1) is 0 Å². The number of benzene rings is 2. The van der Waals surface area contributed by atoms with Crippen LogP contribution in [0.25, 0.3) is 10.8 Å². The first-order valence-electron chi connectivity index (χ1n) is 6.56. The van der Waals surface area contributed by atoms with Crippen LogP contribution in [0.3, 0.4) is 0 Å². The second-order valence-electron chi connectivity index (χ2n) is 4.68. The number of hydrogen-bond acceptors (Lipinski definition) is 2. The van der Waals surface area contributed by atoms with Gasteiger partial charge in [0.25, 0.3) is 0 Å². The summed E-state index contributed by atoms with van der Waals surface area (Å²) >= 11 is 0. The van der Waals surface area contributed by atoms with Gasteiger partial charge in [-0.25, -0.2) is 0 Å². The van der Waals surface area contributed by atoms with E-state index in [1.807, 2.05) is 50.2 Å². The van der Waals surface area contributed by atoms with Gasteiger partial charge in [0.15, 0.2) is 0 Å². The lowest BCUT2D eigenvalue weighted by molar-refractivity contribution is 0.150. The topological polar surface area (TPSA) is 40.5 Å². The third kappa shape index (κ3) is 2.40. The van der Waals surface area contributed by atoms with E-state index >= 15 is 0 Å². The molecule has 96 valence electrons. The second-order valence-corrected chi connectivity index (χ2v) is 4.68. The summed E-state index contributed by atoms with van der Waals surface area (Å²) in [5.74, 6) is 0. The minimum absolute atomic E-state index is 0.509. The molecule has 2 aromatic rings. The SMILES string of the molecule is CCC(O)c1cc2ccccc2cc1C(O)CC. The predicted molar refractivity (Wildman–Crippen MR) is 74.4 cm³/mol. The molecule has 2 aromatic carbocycles. The van der Waals surface area contributed by atoms with Crippen molar-refractivity contribution in [1.82, 2.24) is 0 Å². The maximum Gasteiger partial charge on any atom is 0.0791 e. The van der Waals surface area contributed by atoms with Gasteiger partial charge < -0.3 is 10.2 Å². The van der Waals surface area contributed by atoms with Gasteiger partial charge in [-0.1, -0.05) is 38.1 Å². The van der Waals surface area contributed by atoms with Crippen molar-refractivity contribution in [2.45, 2.75) is 38.9 Å². The van der Waals surface area contributed by atoms with Crippen molar-refractivity contribution in [3.63, 3.8) is 0 Å². The van der Waals surface area contributed by atoms with Gasteiger partial charge in [-0.05, 0) is 46.9 Å². The molecule has 0 aliphatic heterocycles. The highest BCUT2D eigenvalue weighted by Crippen LogP contribution is 2.31. The van der Waals surface area contributed by atoms with E-state index < -0.39 is 12.2 Å². The van der Waals surface area contributed by atoms with Crippen molar-refractivity contribution in [2.24, 2.45) is 0 Å². The Labute approximate surface area is 108 Å². The van der Waals surface area contributed by atoms with Crippen LogP contribution in [-0.4, -0.2) is 10.2 Å². The molecule has 0 heterocycles.